The molecule has 0 aromatic heterocycles. The quantitative estimate of drug-likeness (QED) is 0.628. The monoisotopic (exact) mass is 202 g/mol. The van der Waals surface area contributed by atoms with Gasteiger partial charge in [0.15, 0.2) is 0 Å². The zero-order valence-electron chi connectivity index (χ0n) is 9.40. The van der Waals surface area contributed by atoms with E-state index in [1.165, 1.54) is 16.9 Å². The molecule has 0 unspecified atom stereocenters. The highest BCUT2D eigenvalue weighted by atomic mass is 16.5. The third-order valence-corrected chi connectivity index (χ3v) is 1.78. The molecule has 0 atom stereocenters. The molecule has 0 rings (SSSR count). The maximum atomic E-state index is 11.6. The van der Waals surface area contributed by atoms with Gasteiger partial charge in [0, 0.05) is 20.1 Å². The first-order valence-electron chi connectivity index (χ1n) is 4.44. The number of amides is 2. The maximum absolute atomic E-state index is 11.6. The predicted molar refractivity (Wildman–Crippen MR) is 52.9 cm³/mol. The molecule has 0 aliphatic rings. The summed E-state index contributed by atoms with van der Waals surface area (Å²) in [7, 11) is 4.60. The number of esters is 1. The van der Waals surface area contributed by atoms with E-state index < -0.39 is 5.97 Å². The van der Waals surface area contributed by atoms with Crippen molar-refractivity contribution in [1.82, 2.24) is 9.80 Å². The van der Waals surface area contributed by atoms with Crippen LogP contribution in [-0.2, 0) is 9.53 Å². The number of hydrogen-bond donors (Lipinski definition) is 0. The van der Waals surface area contributed by atoms with Gasteiger partial charge in [-0.2, -0.15) is 0 Å². The lowest BCUT2D eigenvalue weighted by atomic mass is 10.3. The average Bonchev–Trinajstić information content (AvgIpc) is 2.11. The molecule has 14 heavy (non-hydrogen) atoms. The number of rotatable bonds is 3. The van der Waals surface area contributed by atoms with Crippen LogP contribution >= 0.6 is 0 Å². The Balaban J connectivity index is 4.45. The summed E-state index contributed by atoms with van der Waals surface area (Å²) in [6, 6.07) is -0.214. The van der Waals surface area contributed by atoms with Gasteiger partial charge in [-0.1, -0.05) is 0 Å². The van der Waals surface area contributed by atoms with Crippen LogP contribution in [0.25, 0.3) is 0 Å². The van der Waals surface area contributed by atoms with Crippen LogP contribution in [0.2, 0.25) is 0 Å². The number of nitrogens with zero attached hydrogens (tertiary/aromatic N) is 2. The van der Waals surface area contributed by atoms with E-state index in [0.29, 0.717) is 0 Å². The second kappa shape index (κ2) is 5.47. The molecule has 0 aliphatic carbocycles. The normalized spacial score (nSPS) is 9.86. The van der Waals surface area contributed by atoms with Gasteiger partial charge in [-0.25, -0.2) is 4.79 Å². The molecule has 0 heterocycles. The molecular formula is C9H18N2O3. The van der Waals surface area contributed by atoms with Crippen molar-refractivity contribution < 1.29 is 14.3 Å². The molecule has 5 nitrogen and oxygen atoms in total. The second-order valence-electron chi connectivity index (χ2n) is 3.47. The Morgan fingerprint density at radius 2 is 1.79 bits per heavy atom. The highest BCUT2D eigenvalue weighted by Crippen LogP contribution is 2.02. The van der Waals surface area contributed by atoms with E-state index in [0.717, 1.165) is 0 Å². The molecule has 0 aromatic rings. The molecule has 0 aromatic carbocycles. The van der Waals surface area contributed by atoms with Gasteiger partial charge in [-0.05, 0) is 13.8 Å². The van der Waals surface area contributed by atoms with Gasteiger partial charge < -0.3 is 14.5 Å². The smallest absolute Gasteiger partial charge is 0.325 e. The summed E-state index contributed by atoms with van der Waals surface area (Å²) in [5, 5.41) is 0. The van der Waals surface area contributed by atoms with Gasteiger partial charge in [0.25, 0.3) is 0 Å². The Morgan fingerprint density at radius 1 is 1.29 bits per heavy atom. The molecule has 5 heteroatoms. The van der Waals surface area contributed by atoms with E-state index >= 15 is 0 Å². The Morgan fingerprint density at radius 3 is 2.07 bits per heavy atom. The average molecular weight is 202 g/mol. The first-order chi connectivity index (χ1) is 6.40. The minimum Gasteiger partial charge on any atom is -0.468 e. The van der Waals surface area contributed by atoms with Crippen LogP contribution in [0.1, 0.15) is 13.8 Å². The third-order valence-electron chi connectivity index (χ3n) is 1.78. The van der Waals surface area contributed by atoms with Crippen LogP contribution in [0.4, 0.5) is 4.79 Å². The van der Waals surface area contributed by atoms with E-state index in [1.54, 1.807) is 14.1 Å². The Labute approximate surface area is 84.6 Å². The topological polar surface area (TPSA) is 49.9 Å². The molecule has 2 amide bonds. The third kappa shape index (κ3) is 3.64. The number of carbonyl (C=O) groups excluding carboxylic acids is 2. The molecule has 0 saturated carbocycles. The standard InChI is InChI=1S/C9H18N2O3/c1-7(2)11(6-8(12)14-5)9(13)10(3)4/h7H,6H2,1-5H3. The zero-order valence-corrected chi connectivity index (χ0v) is 9.40. The molecular weight excluding hydrogens is 184 g/mol. The predicted octanol–water partition coefficient (Wildman–Crippen LogP) is 0.551. The van der Waals surface area contributed by atoms with Gasteiger partial charge in [0.2, 0.25) is 0 Å². The summed E-state index contributed by atoms with van der Waals surface area (Å²) in [5.41, 5.74) is 0. The van der Waals surface area contributed by atoms with E-state index in [1.807, 2.05) is 13.8 Å². The van der Waals surface area contributed by atoms with E-state index in [-0.39, 0.29) is 18.6 Å². The van der Waals surface area contributed by atoms with Crippen molar-refractivity contribution in [1.29, 1.82) is 0 Å². The Hall–Kier alpha value is -1.26. The highest BCUT2D eigenvalue weighted by Gasteiger charge is 2.21. The number of urea groups is 1. The minimum absolute atomic E-state index is 0.00875. The van der Waals surface area contributed by atoms with Crippen LogP contribution in [-0.4, -0.2) is 55.6 Å². The van der Waals surface area contributed by atoms with Crippen LogP contribution in [0.15, 0.2) is 0 Å². The minimum atomic E-state index is -0.408. The molecule has 0 saturated heterocycles. The van der Waals surface area contributed by atoms with Gasteiger partial charge in [-0.3, -0.25) is 4.79 Å². The van der Waals surface area contributed by atoms with Gasteiger partial charge >= 0.3 is 12.0 Å². The fraction of sp³-hybridized carbons (Fsp3) is 0.778. The molecule has 0 aliphatic heterocycles. The van der Waals surface area contributed by atoms with E-state index in [4.69, 9.17) is 0 Å². The Kier molecular flexibility index (Phi) is 4.97. The van der Waals surface area contributed by atoms with E-state index in [9.17, 15) is 9.59 Å². The summed E-state index contributed by atoms with van der Waals surface area (Å²) in [6.45, 7) is 3.69. The molecule has 0 spiro atoms. The summed E-state index contributed by atoms with van der Waals surface area (Å²) < 4.78 is 4.51. The lowest BCUT2D eigenvalue weighted by Crippen LogP contribution is -2.46. The van der Waals surface area contributed by atoms with Crippen LogP contribution < -0.4 is 0 Å². The number of ether oxygens (including phenoxy) is 1. The number of methoxy groups -OCH3 is 1. The number of hydrogen-bond acceptors (Lipinski definition) is 3. The lowest BCUT2D eigenvalue weighted by Gasteiger charge is -2.28. The zero-order chi connectivity index (χ0) is 11.3. The summed E-state index contributed by atoms with van der Waals surface area (Å²) in [5.74, 6) is -0.408. The summed E-state index contributed by atoms with van der Waals surface area (Å²) in [4.78, 5) is 25.5. The second-order valence-corrected chi connectivity index (χ2v) is 3.47. The van der Waals surface area contributed by atoms with Crippen LogP contribution in [0.3, 0.4) is 0 Å². The molecule has 0 bridgehead atoms. The summed E-state index contributed by atoms with van der Waals surface area (Å²) in [6.07, 6.45) is 0. The lowest BCUT2D eigenvalue weighted by molar-refractivity contribution is -0.141. The number of carbonyl (C=O) groups is 2. The van der Waals surface area contributed by atoms with Crippen molar-refractivity contribution in [3.05, 3.63) is 0 Å². The van der Waals surface area contributed by atoms with Crippen molar-refractivity contribution in [2.24, 2.45) is 0 Å². The SMILES string of the molecule is COC(=O)CN(C(=O)N(C)C)C(C)C. The van der Waals surface area contributed by atoms with Crippen LogP contribution in [0, 0.1) is 0 Å². The van der Waals surface area contributed by atoms with Crippen LogP contribution in [0.5, 0.6) is 0 Å². The van der Waals surface area contributed by atoms with Gasteiger partial charge in [0.05, 0.1) is 7.11 Å². The molecule has 0 fully saturated rings. The first kappa shape index (κ1) is 12.7. The Bertz CT molecular complexity index is 214. The van der Waals surface area contributed by atoms with Crippen molar-refractivity contribution in [2.75, 3.05) is 27.7 Å². The van der Waals surface area contributed by atoms with Crippen molar-refractivity contribution >= 4 is 12.0 Å². The van der Waals surface area contributed by atoms with Crippen molar-refractivity contribution in [2.45, 2.75) is 19.9 Å². The molecule has 0 radical (unpaired) electrons. The van der Waals surface area contributed by atoms with Crippen molar-refractivity contribution in [3.63, 3.8) is 0 Å². The molecule has 82 valence electrons. The van der Waals surface area contributed by atoms with E-state index in [2.05, 4.69) is 4.74 Å². The maximum Gasteiger partial charge on any atom is 0.325 e. The van der Waals surface area contributed by atoms with Gasteiger partial charge in [0.1, 0.15) is 6.54 Å². The fourth-order valence-electron chi connectivity index (χ4n) is 0.932. The highest BCUT2D eigenvalue weighted by molar-refractivity contribution is 5.80. The fourth-order valence-corrected chi connectivity index (χ4v) is 0.932. The van der Waals surface area contributed by atoms with Crippen molar-refractivity contribution in [3.8, 4) is 0 Å². The summed E-state index contributed by atoms with van der Waals surface area (Å²) >= 11 is 0. The largest absolute Gasteiger partial charge is 0.468 e. The molecule has 0 N–H and O–H groups in total. The van der Waals surface area contributed by atoms with Gasteiger partial charge in [-0.15, -0.1) is 0 Å². The first-order valence-corrected chi connectivity index (χ1v) is 4.44.